The molecule has 1 N–H and O–H groups in total. The molecule has 1 saturated carbocycles. The molecule has 0 amide bonds. The van der Waals surface area contributed by atoms with Gasteiger partial charge in [-0.3, -0.25) is 0 Å². The van der Waals surface area contributed by atoms with E-state index >= 15 is 0 Å². The number of aliphatic hydroxyl groups is 1. The molecule has 1 unspecified atom stereocenters. The number of aliphatic hydroxyl groups excluding tert-OH is 1. The number of rotatable bonds is 3. The van der Waals surface area contributed by atoms with E-state index in [1.165, 1.54) is 0 Å². The Hall–Kier alpha value is -0.560. The molecule has 0 saturated heterocycles. The number of halogens is 2. The highest BCUT2D eigenvalue weighted by atomic mass is 79.9. The molecule has 2 rings (SSSR count). The SMILES string of the molecule is CC(C)C1CCC(C#N)(C(O)c2cc(Br)ccc2Cl)CC1. The molecule has 1 aliphatic carbocycles. The Morgan fingerprint density at radius 2 is 2.00 bits per heavy atom. The zero-order valence-electron chi connectivity index (χ0n) is 12.4. The Morgan fingerprint density at radius 1 is 1.38 bits per heavy atom. The number of benzene rings is 1. The highest BCUT2D eigenvalue weighted by Gasteiger charge is 2.43. The van der Waals surface area contributed by atoms with Gasteiger partial charge in [-0.1, -0.05) is 41.4 Å². The monoisotopic (exact) mass is 369 g/mol. The standard InChI is InChI=1S/C17H21BrClNO/c1-11(2)12-5-7-17(10-20,8-6-12)16(21)14-9-13(18)3-4-15(14)19/h3-4,9,11-12,16,21H,5-8H2,1-2H3. The minimum Gasteiger partial charge on any atom is -0.387 e. The molecule has 0 aromatic heterocycles. The van der Waals surface area contributed by atoms with Crippen molar-refractivity contribution in [2.24, 2.45) is 17.3 Å². The summed E-state index contributed by atoms with van der Waals surface area (Å²) in [5.74, 6) is 1.28. The van der Waals surface area contributed by atoms with E-state index in [-0.39, 0.29) is 0 Å². The summed E-state index contributed by atoms with van der Waals surface area (Å²) in [7, 11) is 0. The summed E-state index contributed by atoms with van der Waals surface area (Å²) >= 11 is 9.62. The van der Waals surface area contributed by atoms with Crippen LogP contribution in [0.3, 0.4) is 0 Å². The first-order valence-electron chi connectivity index (χ1n) is 7.44. The third-order valence-electron chi connectivity index (χ3n) is 4.86. The third kappa shape index (κ3) is 3.44. The van der Waals surface area contributed by atoms with Gasteiger partial charge in [0.05, 0.1) is 17.6 Å². The van der Waals surface area contributed by atoms with Crippen molar-refractivity contribution in [2.75, 3.05) is 0 Å². The Bertz CT molecular complexity index is 544. The molecule has 1 aromatic carbocycles. The summed E-state index contributed by atoms with van der Waals surface area (Å²) in [5, 5.41) is 21.0. The molecular weight excluding hydrogens is 350 g/mol. The van der Waals surface area contributed by atoms with Crippen molar-refractivity contribution in [3.8, 4) is 6.07 Å². The molecule has 1 aromatic rings. The van der Waals surface area contributed by atoms with Gasteiger partial charge < -0.3 is 5.11 Å². The molecule has 0 heterocycles. The van der Waals surface area contributed by atoms with Crippen molar-refractivity contribution in [3.63, 3.8) is 0 Å². The van der Waals surface area contributed by atoms with Crippen LogP contribution < -0.4 is 0 Å². The van der Waals surface area contributed by atoms with Crippen LogP contribution in [0.15, 0.2) is 22.7 Å². The van der Waals surface area contributed by atoms with Crippen molar-refractivity contribution < 1.29 is 5.11 Å². The summed E-state index contributed by atoms with van der Waals surface area (Å²) < 4.78 is 0.866. The average Bonchev–Trinajstić information content (AvgIpc) is 2.49. The van der Waals surface area contributed by atoms with Crippen LogP contribution >= 0.6 is 27.5 Å². The van der Waals surface area contributed by atoms with E-state index in [4.69, 9.17) is 11.6 Å². The quantitative estimate of drug-likeness (QED) is 0.764. The van der Waals surface area contributed by atoms with E-state index in [9.17, 15) is 10.4 Å². The maximum Gasteiger partial charge on any atom is 0.0991 e. The Labute approximate surface area is 140 Å². The minimum atomic E-state index is -0.833. The molecule has 0 radical (unpaired) electrons. The summed E-state index contributed by atoms with van der Waals surface area (Å²) in [6, 6.07) is 7.82. The summed E-state index contributed by atoms with van der Waals surface area (Å²) in [6.45, 7) is 4.46. The topological polar surface area (TPSA) is 44.0 Å². The normalized spacial score (nSPS) is 27.4. The first-order chi connectivity index (χ1) is 9.89. The molecular formula is C17H21BrClNO. The highest BCUT2D eigenvalue weighted by Crippen LogP contribution is 2.49. The second-order valence-corrected chi connectivity index (χ2v) is 7.74. The van der Waals surface area contributed by atoms with Crippen molar-refractivity contribution in [3.05, 3.63) is 33.3 Å². The lowest BCUT2D eigenvalue weighted by molar-refractivity contribution is 0.0191. The van der Waals surface area contributed by atoms with Gasteiger partial charge in [0, 0.05) is 15.1 Å². The summed E-state index contributed by atoms with van der Waals surface area (Å²) in [4.78, 5) is 0. The number of nitrogens with zero attached hydrogens (tertiary/aromatic N) is 1. The molecule has 114 valence electrons. The van der Waals surface area contributed by atoms with E-state index in [2.05, 4.69) is 35.8 Å². The van der Waals surface area contributed by atoms with Crippen molar-refractivity contribution >= 4 is 27.5 Å². The van der Waals surface area contributed by atoms with E-state index in [0.717, 1.165) is 30.2 Å². The van der Waals surface area contributed by atoms with E-state index < -0.39 is 11.5 Å². The number of hydrogen-bond donors (Lipinski definition) is 1. The van der Waals surface area contributed by atoms with Gasteiger partial charge in [0.1, 0.15) is 0 Å². The van der Waals surface area contributed by atoms with Gasteiger partial charge in [0.25, 0.3) is 0 Å². The summed E-state index contributed by atoms with van der Waals surface area (Å²) in [5.41, 5.74) is -0.0638. The van der Waals surface area contributed by atoms with Gasteiger partial charge in [-0.15, -0.1) is 0 Å². The Kier molecular flexibility index (Phi) is 5.35. The second kappa shape index (κ2) is 6.69. The van der Waals surface area contributed by atoms with Crippen LogP contribution in [0.25, 0.3) is 0 Å². The van der Waals surface area contributed by atoms with Gasteiger partial charge in [-0.2, -0.15) is 5.26 Å². The van der Waals surface area contributed by atoms with Crippen LogP contribution in [0.4, 0.5) is 0 Å². The zero-order chi connectivity index (χ0) is 15.6. The smallest absolute Gasteiger partial charge is 0.0991 e. The number of hydrogen-bond acceptors (Lipinski definition) is 2. The lowest BCUT2D eigenvalue weighted by Gasteiger charge is -2.39. The average molecular weight is 371 g/mol. The first-order valence-corrected chi connectivity index (χ1v) is 8.61. The van der Waals surface area contributed by atoms with Crippen LogP contribution in [0.5, 0.6) is 0 Å². The van der Waals surface area contributed by atoms with Crippen LogP contribution in [0.1, 0.15) is 51.2 Å². The van der Waals surface area contributed by atoms with Gasteiger partial charge >= 0.3 is 0 Å². The maximum absolute atomic E-state index is 10.8. The molecule has 0 spiro atoms. The molecule has 1 aliphatic rings. The fraction of sp³-hybridized carbons (Fsp3) is 0.588. The third-order valence-corrected chi connectivity index (χ3v) is 5.70. The molecule has 0 bridgehead atoms. The second-order valence-electron chi connectivity index (χ2n) is 6.42. The Balaban J connectivity index is 2.26. The largest absolute Gasteiger partial charge is 0.387 e. The van der Waals surface area contributed by atoms with E-state index in [0.29, 0.717) is 22.4 Å². The Morgan fingerprint density at radius 3 is 2.52 bits per heavy atom. The molecule has 1 fully saturated rings. The highest BCUT2D eigenvalue weighted by molar-refractivity contribution is 9.10. The van der Waals surface area contributed by atoms with Crippen LogP contribution in [-0.2, 0) is 0 Å². The lowest BCUT2D eigenvalue weighted by Crippen LogP contribution is -2.33. The lowest BCUT2D eigenvalue weighted by atomic mass is 9.65. The zero-order valence-corrected chi connectivity index (χ0v) is 14.8. The van der Waals surface area contributed by atoms with Gasteiger partial charge in [0.15, 0.2) is 0 Å². The summed E-state index contributed by atoms with van der Waals surface area (Å²) in [6.07, 6.45) is 2.62. The van der Waals surface area contributed by atoms with Crippen molar-refractivity contribution in [2.45, 2.75) is 45.6 Å². The van der Waals surface area contributed by atoms with Crippen molar-refractivity contribution in [1.82, 2.24) is 0 Å². The van der Waals surface area contributed by atoms with Gasteiger partial charge in [-0.05, 0) is 55.7 Å². The molecule has 0 aliphatic heterocycles. The van der Waals surface area contributed by atoms with Crippen LogP contribution in [0.2, 0.25) is 5.02 Å². The van der Waals surface area contributed by atoms with Gasteiger partial charge in [-0.25, -0.2) is 0 Å². The predicted octanol–water partition coefficient (Wildman–Crippen LogP) is 5.49. The fourth-order valence-corrected chi connectivity index (χ4v) is 3.89. The van der Waals surface area contributed by atoms with Crippen LogP contribution in [-0.4, -0.2) is 5.11 Å². The maximum atomic E-state index is 10.8. The van der Waals surface area contributed by atoms with Gasteiger partial charge in [0.2, 0.25) is 0 Å². The van der Waals surface area contributed by atoms with E-state index in [1.54, 1.807) is 6.07 Å². The molecule has 1 atom stereocenters. The number of nitriles is 1. The molecule has 4 heteroatoms. The first kappa shape index (κ1) is 16.8. The predicted molar refractivity (Wildman–Crippen MR) is 89.0 cm³/mol. The molecule has 21 heavy (non-hydrogen) atoms. The van der Waals surface area contributed by atoms with Crippen LogP contribution in [0, 0.1) is 28.6 Å². The van der Waals surface area contributed by atoms with Crippen molar-refractivity contribution in [1.29, 1.82) is 5.26 Å². The molecule has 2 nitrogen and oxygen atoms in total. The fourth-order valence-electron chi connectivity index (χ4n) is 3.29. The minimum absolute atomic E-state index is 0.520. The van der Waals surface area contributed by atoms with E-state index in [1.807, 2.05) is 12.1 Å².